The first-order valence-corrected chi connectivity index (χ1v) is 7.11. The summed E-state index contributed by atoms with van der Waals surface area (Å²) in [6.07, 6.45) is 5.41. The lowest BCUT2D eigenvalue weighted by Gasteiger charge is -2.23. The molecule has 1 aromatic rings. The van der Waals surface area contributed by atoms with Crippen LogP contribution in [0.4, 0.5) is 11.5 Å². The number of nitrogens with one attached hydrogen (secondary N) is 1. The summed E-state index contributed by atoms with van der Waals surface area (Å²) in [5.74, 6) is 1.78. The Morgan fingerprint density at radius 3 is 2.44 bits per heavy atom. The predicted molar refractivity (Wildman–Crippen MR) is 76.8 cm³/mol. The molecule has 0 aliphatic heterocycles. The van der Waals surface area contributed by atoms with E-state index in [1.807, 2.05) is 11.6 Å². The molecule has 1 saturated carbocycles. The van der Waals surface area contributed by atoms with Crippen molar-refractivity contribution in [1.29, 1.82) is 0 Å². The molecule has 0 aromatic carbocycles. The molecule has 4 nitrogen and oxygen atoms in total. The van der Waals surface area contributed by atoms with Crippen LogP contribution in [0, 0.1) is 12.8 Å². The lowest BCUT2D eigenvalue weighted by molar-refractivity contribution is 0.470. The molecule has 1 unspecified atom stereocenters. The molecule has 1 atom stereocenters. The van der Waals surface area contributed by atoms with Gasteiger partial charge in [-0.1, -0.05) is 12.8 Å². The van der Waals surface area contributed by atoms with Gasteiger partial charge in [0.15, 0.2) is 0 Å². The number of hydrogen-bond donors (Lipinski definition) is 2. The van der Waals surface area contributed by atoms with Gasteiger partial charge in [0.25, 0.3) is 0 Å². The normalized spacial score (nSPS) is 18.5. The van der Waals surface area contributed by atoms with Gasteiger partial charge in [-0.2, -0.15) is 5.10 Å². The average Bonchev–Trinajstić information content (AvgIpc) is 2.92. The summed E-state index contributed by atoms with van der Waals surface area (Å²) in [5.41, 5.74) is 7.86. The zero-order valence-electron chi connectivity index (χ0n) is 12.0. The first kappa shape index (κ1) is 13.2. The van der Waals surface area contributed by atoms with Crippen molar-refractivity contribution < 1.29 is 0 Å². The molecular weight excluding hydrogens is 224 g/mol. The Labute approximate surface area is 110 Å². The lowest BCUT2D eigenvalue weighted by Crippen LogP contribution is -2.26. The van der Waals surface area contributed by atoms with Gasteiger partial charge in [-0.3, -0.25) is 0 Å². The molecule has 3 N–H and O–H groups in total. The number of anilines is 2. The highest BCUT2D eigenvalue weighted by Gasteiger charge is 2.24. The van der Waals surface area contributed by atoms with Crippen LogP contribution in [0.15, 0.2) is 0 Å². The highest BCUT2D eigenvalue weighted by molar-refractivity contribution is 5.65. The lowest BCUT2D eigenvalue weighted by atomic mass is 10.00. The summed E-state index contributed by atoms with van der Waals surface area (Å²) in [4.78, 5) is 0. The molecule has 1 fully saturated rings. The summed E-state index contributed by atoms with van der Waals surface area (Å²) in [7, 11) is 0. The van der Waals surface area contributed by atoms with E-state index in [2.05, 4.69) is 31.2 Å². The fourth-order valence-corrected chi connectivity index (χ4v) is 2.87. The van der Waals surface area contributed by atoms with Crippen molar-refractivity contribution in [2.24, 2.45) is 5.92 Å². The number of nitrogens with zero attached hydrogens (tertiary/aromatic N) is 2. The minimum Gasteiger partial charge on any atom is -0.394 e. The smallest absolute Gasteiger partial charge is 0.148 e. The van der Waals surface area contributed by atoms with Crippen LogP contribution in [0.25, 0.3) is 0 Å². The van der Waals surface area contributed by atoms with Crippen molar-refractivity contribution in [3.63, 3.8) is 0 Å². The number of hydrogen-bond acceptors (Lipinski definition) is 3. The van der Waals surface area contributed by atoms with Gasteiger partial charge in [0.05, 0.1) is 11.4 Å². The van der Waals surface area contributed by atoms with Crippen LogP contribution < -0.4 is 11.1 Å². The number of rotatable bonds is 4. The maximum atomic E-state index is 6.14. The van der Waals surface area contributed by atoms with Crippen LogP contribution in [0.2, 0.25) is 0 Å². The van der Waals surface area contributed by atoms with Gasteiger partial charge in [-0.15, -0.1) is 0 Å². The molecule has 1 aliphatic carbocycles. The van der Waals surface area contributed by atoms with E-state index >= 15 is 0 Å². The van der Waals surface area contributed by atoms with Crippen LogP contribution in [-0.4, -0.2) is 15.8 Å². The summed E-state index contributed by atoms with van der Waals surface area (Å²) in [5, 5.41) is 8.12. The maximum Gasteiger partial charge on any atom is 0.148 e. The Bertz CT molecular complexity index is 402. The van der Waals surface area contributed by atoms with Crippen LogP contribution in [0.3, 0.4) is 0 Å². The molecule has 0 radical (unpaired) electrons. The number of nitrogens with two attached hydrogens (primary N) is 1. The molecule has 0 bridgehead atoms. The minimum absolute atomic E-state index is 0.333. The SMILES string of the molecule is Cc1nn(C(C)C)c(NC(C)C2CCCC2)c1N. The Morgan fingerprint density at radius 1 is 1.28 bits per heavy atom. The molecule has 0 spiro atoms. The number of nitrogen functional groups attached to an aromatic ring is 1. The van der Waals surface area contributed by atoms with Crippen LogP contribution in [-0.2, 0) is 0 Å². The Kier molecular flexibility index (Phi) is 3.83. The van der Waals surface area contributed by atoms with Crippen molar-refractivity contribution >= 4 is 11.5 Å². The van der Waals surface area contributed by atoms with E-state index in [1.54, 1.807) is 0 Å². The second kappa shape index (κ2) is 5.21. The summed E-state index contributed by atoms with van der Waals surface area (Å²) >= 11 is 0. The Morgan fingerprint density at radius 2 is 1.89 bits per heavy atom. The molecule has 0 amide bonds. The van der Waals surface area contributed by atoms with Gasteiger partial charge in [-0.25, -0.2) is 4.68 Å². The van der Waals surface area contributed by atoms with E-state index in [-0.39, 0.29) is 0 Å². The van der Waals surface area contributed by atoms with Crippen LogP contribution in [0.5, 0.6) is 0 Å². The third-order valence-corrected chi connectivity index (χ3v) is 4.09. The van der Waals surface area contributed by atoms with Gasteiger partial charge in [0.1, 0.15) is 5.82 Å². The fourth-order valence-electron chi connectivity index (χ4n) is 2.87. The second-order valence-corrected chi connectivity index (χ2v) is 5.86. The van der Waals surface area contributed by atoms with E-state index in [0.29, 0.717) is 12.1 Å². The number of aryl methyl sites for hydroxylation is 1. The summed E-state index contributed by atoms with van der Waals surface area (Å²) in [6.45, 7) is 8.51. The molecule has 4 heteroatoms. The molecule has 1 heterocycles. The van der Waals surface area contributed by atoms with Gasteiger partial charge in [0.2, 0.25) is 0 Å². The quantitative estimate of drug-likeness (QED) is 0.861. The molecular formula is C14H26N4. The van der Waals surface area contributed by atoms with Gasteiger partial charge in [0, 0.05) is 12.1 Å². The summed E-state index contributed by atoms with van der Waals surface area (Å²) < 4.78 is 2.01. The standard InChI is InChI=1S/C14H26N4/c1-9(2)18-14(13(15)11(4)17-18)16-10(3)12-7-5-6-8-12/h9-10,12,16H,5-8,15H2,1-4H3. The first-order chi connectivity index (χ1) is 8.50. The predicted octanol–water partition coefficient (Wildman–Crippen LogP) is 3.35. The molecule has 18 heavy (non-hydrogen) atoms. The van der Waals surface area contributed by atoms with Crippen molar-refractivity contribution in [1.82, 2.24) is 9.78 Å². The van der Waals surface area contributed by atoms with Gasteiger partial charge in [-0.05, 0) is 46.5 Å². The molecule has 1 aromatic heterocycles. The fraction of sp³-hybridized carbons (Fsp3) is 0.786. The molecule has 0 saturated heterocycles. The van der Waals surface area contributed by atoms with Crippen molar-refractivity contribution in [3.05, 3.63) is 5.69 Å². The first-order valence-electron chi connectivity index (χ1n) is 7.11. The van der Waals surface area contributed by atoms with E-state index < -0.39 is 0 Å². The second-order valence-electron chi connectivity index (χ2n) is 5.86. The zero-order valence-corrected chi connectivity index (χ0v) is 12.0. The van der Waals surface area contributed by atoms with Gasteiger partial charge < -0.3 is 11.1 Å². The molecule has 102 valence electrons. The van der Waals surface area contributed by atoms with E-state index in [1.165, 1.54) is 25.7 Å². The monoisotopic (exact) mass is 250 g/mol. The van der Waals surface area contributed by atoms with Crippen molar-refractivity contribution in [3.8, 4) is 0 Å². The van der Waals surface area contributed by atoms with Crippen molar-refractivity contribution in [2.45, 2.75) is 65.5 Å². The average molecular weight is 250 g/mol. The summed E-state index contributed by atoms with van der Waals surface area (Å²) in [6, 6.07) is 0.808. The zero-order chi connectivity index (χ0) is 13.3. The Balaban J connectivity index is 2.16. The highest BCUT2D eigenvalue weighted by Crippen LogP contribution is 2.32. The maximum absolute atomic E-state index is 6.14. The molecule has 1 aliphatic rings. The largest absolute Gasteiger partial charge is 0.394 e. The van der Waals surface area contributed by atoms with Crippen LogP contribution in [0.1, 0.15) is 58.2 Å². The van der Waals surface area contributed by atoms with E-state index in [4.69, 9.17) is 5.73 Å². The van der Waals surface area contributed by atoms with E-state index in [9.17, 15) is 0 Å². The van der Waals surface area contributed by atoms with Gasteiger partial charge >= 0.3 is 0 Å². The number of aromatic nitrogens is 2. The third kappa shape index (κ3) is 2.47. The van der Waals surface area contributed by atoms with Crippen molar-refractivity contribution in [2.75, 3.05) is 11.1 Å². The highest BCUT2D eigenvalue weighted by atomic mass is 15.4. The minimum atomic E-state index is 0.333. The van der Waals surface area contributed by atoms with Crippen LogP contribution >= 0.6 is 0 Å². The topological polar surface area (TPSA) is 55.9 Å². The molecule has 2 rings (SSSR count). The third-order valence-electron chi connectivity index (χ3n) is 4.09. The Hall–Kier alpha value is -1.19. The van der Waals surface area contributed by atoms with E-state index in [0.717, 1.165) is 23.1 Å².